The van der Waals surface area contributed by atoms with E-state index in [1.165, 1.54) is 38.5 Å². The minimum Gasteiger partial charge on any atom is -0.309 e. The molecule has 4 nitrogen and oxygen atoms in total. The summed E-state index contributed by atoms with van der Waals surface area (Å²) in [5, 5.41) is 12.2. The third-order valence-corrected chi connectivity index (χ3v) is 12.2. The second-order valence-corrected chi connectivity index (χ2v) is 15.2. The normalized spacial score (nSPS) is 16.3. The van der Waals surface area contributed by atoms with Crippen LogP contribution in [0.5, 0.6) is 0 Å². The quantitative estimate of drug-likeness (QED) is 0.171. The van der Waals surface area contributed by atoms with Crippen LogP contribution >= 0.6 is 0 Å². The van der Waals surface area contributed by atoms with E-state index in [1.807, 2.05) is 48.5 Å². The third-order valence-electron chi connectivity index (χ3n) is 12.2. The van der Waals surface area contributed by atoms with Gasteiger partial charge in [-0.2, -0.15) is 5.26 Å². The SMILES string of the molecule is N#Cc1cccc(-c2cc(-c3ccccc3)nc(-c3cccc(-n4c5ccccc5c5ccc6c(c54)C(c4ccccc4)(c4ccccc4)C4C=CC=CC64)c3)n2)c1. The molecule has 0 amide bonds. The van der Waals surface area contributed by atoms with E-state index in [0.29, 0.717) is 11.4 Å². The van der Waals surface area contributed by atoms with Crippen LogP contribution in [0, 0.1) is 17.2 Å². The second-order valence-electron chi connectivity index (χ2n) is 15.2. The number of nitriles is 1. The van der Waals surface area contributed by atoms with E-state index in [0.717, 1.165) is 39.3 Å². The summed E-state index contributed by atoms with van der Waals surface area (Å²) >= 11 is 0. The Labute approximate surface area is 337 Å². The summed E-state index contributed by atoms with van der Waals surface area (Å²) in [6, 6.07) is 66.6. The first-order chi connectivity index (χ1) is 28.7. The van der Waals surface area contributed by atoms with Gasteiger partial charge in [0.25, 0.3) is 0 Å². The van der Waals surface area contributed by atoms with Gasteiger partial charge < -0.3 is 4.57 Å². The first-order valence-electron chi connectivity index (χ1n) is 19.8. The molecule has 2 heterocycles. The summed E-state index contributed by atoms with van der Waals surface area (Å²) in [6.07, 6.45) is 9.29. The molecule has 0 radical (unpaired) electrons. The second kappa shape index (κ2) is 13.5. The van der Waals surface area contributed by atoms with Crippen LogP contribution < -0.4 is 0 Å². The molecule has 7 aromatic carbocycles. The molecular formula is C54H36N4. The van der Waals surface area contributed by atoms with Crippen LogP contribution in [-0.4, -0.2) is 14.5 Å². The highest BCUT2D eigenvalue weighted by molar-refractivity contribution is 6.11. The predicted octanol–water partition coefficient (Wildman–Crippen LogP) is 12.6. The van der Waals surface area contributed by atoms with Crippen molar-refractivity contribution in [3.05, 3.63) is 234 Å². The van der Waals surface area contributed by atoms with Crippen molar-refractivity contribution in [2.24, 2.45) is 5.92 Å². The summed E-state index contributed by atoms with van der Waals surface area (Å²) < 4.78 is 2.48. The maximum Gasteiger partial charge on any atom is 0.160 e. The Bertz CT molecular complexity index is 3090. The minimum atomic E-state index is -0.465. The highest BCUT2D eigenvalue weighted by Gasteiger charge is 2.54. The van der Waals surface area contributed by atoms with E-state index < -0.39 is 5.41 Å². The van der Waals surface area contributed by atoms with E-state index in [9.17, 15) is 5.26 Å². The summed E-state index contributed by atoms with van der Waals surface area (Å²) in [5.74, 6) is 0.998. The molecule has 2 aliphatic rings. The van der Waals surface area contributed by atoms with Crippen molar-refractivity contribution in [1.82, 2.24) is 14.5 Å². The van der Waals surface area contributed by atoms with E-state index in [1.54, 1.807) is 0 Å². The van der Waals surface area contributed by atoms with Crippen molar-refractivity contribution in [2.75, 3.05) is 0 Å². The number of para-hydroxylation sites is 1. The Balaban J connectivity index is 1.20. The van der Waals surface area contributed by atoms with Gasteiger partial charge in [0.05, 0.1) is 39.5 Å². The van der Waals surface area contributed by atoms with Crippen LogP contribution in [0.1, 0.15) is 33.7 Å². The maximum absolute atomic E-state index is 9.73. The highest BCUT2D eigenvalue weighted by atomic mass is 15.0. The number of allylic oxidation sites excluding steroid dienone is 4. The molecule has 0 aliphatic heterocycles. The van der Waals surface area contributed by atoms with Crippen molar-refractivity contribution < 1.29 is 0 Å². The number of hydrogen-bond acceptors (Lipinski definition) is 3. The fourth-order valence-electron chi connectivity index (χ4n) is 9.77. The zero-order valence-electron chi connectivity index (χ0n) is 31.6. The van der Waals surface area contributed by atoms with Crippen LogP contribution in [0.25, 0.3) is 61.4 Å². The Morgan fingerprint density at radius 3 is 1.93 bits per heavy atom. The van der Waals surface area contributed by atoms with Gasteiger partial charge in [-0.15, -0.1) is 0 Å². The van der Waals surface area contributed by atoms with Crippen LogP contribution in [0.3, 0.4) is 0 Å². The number of nitrogens with zero attached hydrogens (tertiary/aromatic N) is 4. The standard InChI is InChI=1S/C54H36N4/c55-35-36-16-14-19-38(32-36)49-34-48(37-17-4-1-5-18-37)56-53(57-49)39-20-15-25-42(33-39)58-50-29-13-11-27-44(50)46-31-30-45-43-26-10-12-28-47(43)54(51(45)52(46)58,40-21-6-2-7-22-40)41-23-8-3-9-24-41/h1-34,43,47H. The van der Waals surface area contributed by atoms with Gasteiger partial charge in [-0.05, 0) is 58.7 Å². The average Bonchev–Trinajstić information content (AvgIpc) is 3.81. The lowest BCUT2D eigenvalue weighted by atomic mass is 9.63. The number of benzene rings is 7. The van der Waals surface area contributed by atoms with Crippen molar-refractivity contribution >= 4 is 21.8 Å². The molecule has 2 unspecified atom stereocenters. The molecule has 58 heavy (non-hydrogen) atoms. The molecule has 0 spiro atoms. The van der Waals surface area contributed by atoms with Gasteiger partial charge in [0, 0.05) is 45.0 Å². The zero-order valence-corrected chi connectivity index (χ0v) is 31.6. The fraction of sp³-hybridized carbons (Fsp3) is 0.0556. The van der Waals surface area contributed by atoms with E-state index >= 15 is 0 Å². The predicted molar refractivity (Wildman–Crippen MR) is 235 cm³/mol. The van der Waals surface area contributed by atoms with E-state index in [-0.39, 0.29) is 11.8 Å². The molecule has 0 bridgehead atoms. The third kappa shape index (κ3) is 5.14. The van der Waals surface area contributed by atoms with Crippen molar-refractivity contribution in [2.45, 2.75) is 11.3 Å². The van der Waals surface area contributed by atoms with Gasteiger partial charge in [-0.25, -0.2) is 9.97 Å². The van der Waals surface area contributed by atoms with Gasteiger partial charge in [0.15, 0.2) is 5.82 Å². The lowest BCUT2D eigenvalue weighted by Gasteiger charge is -2.39. The first-order valence-corrected chi connectivity index (χ1v) is 19.8. The molecule has 2 aromatic heterocycles. The van der Waals surface area contributed by atoms with Crippen molar-refractivity contribution in [3.8, 4) is 45.7 Å². The molecule has 4 heteroatoms. The molecule has 2 atom stereocenters. The van der Waals surface area contributed by atoms with Crippen molar-refractivity contribution in [1.29, 1.82) is 5.26 Å². The Kier molecular flexibility index (Phi) is 7.87. The van der Waals surface area contributed by atoms with Gasteiger partial charge in [-0.1, -0.05) is 170 Å². The lowest BCUT2D eigenvalue weighted by Crippen LogP contribution is -2.35. The van der Waals surface area contributed by atoms with E-state index in [4.69, 9.17) is 9.97 Å². The molecule has 9 aromatic rings. The van der Waals surface area contributed by atoms with Crippen LogP contribution in [-0.2, 0) is 5.41 Å². The topological polar surface area (TPSA) is 54.5 Å². The number of hydrogen-bond donors (Lipinski definition) is 0. The fourth-order valence-corrected chi connectivity index (χ4v) is 9.77. The molecule has 11 rings (SSSR count). The smallest absolute Gasteiger partial charge is 0.160 e. The molecule has 0 saturated heterocycles. The van der Waals surface area contributed by atoms with Crippen LogP contribution in [0.15, 0.2) is 206 Å². The zero-order chi connectivity index (χ0) is 38.6. The summed E-state index contributed by atoms with van der Waals surface area (Å²) in [6.45, 7) is 0. The van der Waals surface area contributed by atoms with E-state index in [2.05, 4.69) is 168 Å². The van der Waals surface area contributed by atoms with Gasteiger partial charge in [-0.3, -0.25) is 0 Å². The number of aromatic nitrogens is 3. The lowest BCUT2D eigenvalue weighted by molar-refractivity contribution is 0.458. The minimum absolute atomic E-state index is 0.174. The molecular weight excluding hydrogens is 705 g/mol. The summed E-state index contributed by atoms with van der Waals surface area (Å²) in [4.78, 5) is 10.4. The Morgan fingerprint density at radius 2 is 1.17 bits per heavy atom. The number of rotatable bonds is 6. The van der Waals surface area contributed by atoms with Gasteiger partial charge in [0.2, 0.25) is 0 Å². The molecule has 0 saturated carbocycles. The largest absolute Gasteiger partial charge is 0.309 e. The maximum atomic E-state index is 9.73. The van der Waals surface area contributed by atoms with Crippen LogP contribution in [0.2, 0.25) is 0 Å². The molecule has 272 valence electrons. The Morgan fingerprint density at radius 1 is 0.534 bits per heavy atom. The summed E-state index contributed by atoms with van der Waals surface area (Å²) in [5.41, 5.74) is 13.2. The van der Waals surface area contributed by atoms with Crippen LogP contribution in [0.4, 0.5) is 0 Å². The Hall–Kier alpha value is -7.61. The highest BCUT2D eigenvalue weighted by Crippen LogP contribution is 2.61. The molecule has 0 fully saturated rings. The van der Waals surface area contributed by atoms with Gasteiger partial charge >= 0.3 is 0 Å². The molecule has 2 aliphatic carbocycles. The monoisotopic (exact) mass is 740 g/mol. The first kappa shape index (κ1) is 33.7. The molecule has 0 N–H and O–H groups in total. The average molecular weight is 741 g/mol. The van der Waals surface area contributed by atoms with Crippen molar-refractivity contribution in [3.63, 3.8) is 0 Å². The summed E-state index contributed by atoms with van der Waals surface area (Å²) in [7, 11) is 0. The van der Waals surface area contributed by atoms with Gasteiger partial charge in [0.1, 0.15) is 0 Å². The number of fused-ring (bicyclic) bond motifs is 7.